The predicted molar refractivity (Wildman–Crippen MR) is 209 cm³/mol. The minimum Gasteiger partial charge on any atom is -0.494 e. The van der Waals surface area contributed by atoms with Gasteiger partial charge in [0.2, 0.25) is 0 Å². The van der Waals surface area contributed by atoms with Crippen LogP contribution < -0.4 is 9.47 Å². The van der Waals surface area contributed by atoms with Crippen molar-refractivity contribution >= 4 is 28.7 Å². The molecule has 4 aromatic carbocycles. The van der Waals surface area contributed by atoms with E-state index in [9.17, 15) is 4.79 Å². The zero-order valence-corrected chi connectivity index (χ0v) is 30.6. The molecule has 0 aromatic heterocycles. The maximum Gasteiger partial charge on any atom is 0.330 e. The smallest absolute Gasteiger partial charge is 0.330 e. The lowest BCUT2D eigenvalue weighted by atomic mass is 10.1. The summed E-state index contributed by atoms with van der Waals surface area (Å²) in [6, 6.07) is 28.9. The second-order valence-electron chi connectivity index (χ2n) is 12.4. The molecule has 0 atom stereocenters. The Balaban J connectivity index is 1.10. The maximum absolute atomic E-state index is 11.0. The molecule has 0 aliphatic carbocycles. The number of benzene rings is 4. The quantitative estimate of drug-likeness (QED) is 0.0284. The Kier molecular flexibility index (Phi) is 17.4. The van der Waals surface area contributed by atoms with Crippen molar-refractivity contribution in [3.8, 4) is 23.3 Å². The first-order chi connectivity index (χ1) is 25.5. The van der Waals surface area contributed by atoms with E-state index in [0.717, 1.165) is 70.2 Å². The van der Waals surface area contributed by atoms with Crippen molar-refractivity contribution in [2.45, 2.75) is 78.1 Å². The zero-order valence-electron chi connectivity index (χ0n) is 30.6. The highest BCUT2D eigenvalue weighted by Gasteiger charge is 2.01. The first-order valence-electron chi connectivity index (χ1n) is 18.3. The molecule has 0 N–H and O–H groups in total. The highest BCUT2D eigenvalue weighted by atomic mass is 16.5. The Hall–Kier alpha value is -5.55. The molecule has 0 aliphatic heterocycles. The highest BCUT2D eigenvalue weighted by Crippen LogP contribution is 2.24. The van der Waals surface area contributed by atoms with E-state index in [0.29, 0.717) is 19.8 Å². The molecule has 270 valence electrons. The number of azo groups is 2. The molecule has 4 rings (SSSR count). The summed E-state index contributed by atoms with van der Waals surface area (Å²) in [5.74, 6) is 7.83. The Labute approximate surface area is 309 Å². The molecule has 0 unspecified atom stereocenters. The van der Waals surface area contributed by atoms with E-state index in [2.05, 4.69) is 38.9 Å². The van der Waals surface area contributed by atoms with Crippen LogP contribution in [0.1, 0.15) is 87.8 Å². The molecule has 0 saturated carbocycles. The number of hydrogen-bond acceptors (Lipinski definition) is 8. The summed E-state index contributed by atoms with van der Waals surface area (Å²) in [6.45, 7) is 9.23. The Bertz CT molecular complexity index is 1790. The normalized spacial score (nSPS) is 11.0. The van der Waals surface area contributed by atoms with Gasteiger partial charge in [0.25, 0.3) is 0 Å². The number of hydrogen-bond donors (Lipinski definition) is 0. The maximum atomic E-state index is 11.0. The van der Waals surface area contributed by atoms with Crippen LogP contribution in [0.15, 0.2) is 124 Å². The third kappa shape index (κ3) is 15.1. The number of aryl methyl sites for hydroxylation is 1. The number of carbonyl (C=O) groups excluding carboxylic acids is 1. The third-order valence-corrected chi connectivity index (χ3v) is 8.18. The molecular weight excluding hydrogens is 649 g/mol. The topological polar surface area (TPSA) is 94.2 Å². The standard InChI is InChI=1S/C44H50N4O4/c1-4-44(49)52-33-15-13-11-9-7-6-8-10-12-14-32-51-43-30-26-40(27-31-43)47-48-41-23-20-37(35(3)34-41)19-16-36-17-21-38(22-18-36)45-46-39-24-28-42(29-25-39)50-5-2/h4,17-18,20-31,34H,1,5-15,32-33H2,2-3H3. The van der Waals surface area contributed by atoms with E-state index < -0.39 is 0 Å². The van der Waals surface area contributed by atoms with Gasteiger partial charge < -0.3 is 14.2 Å². The minimum absolute atomic E-state index is 0.332. The van der Waals surface area contributed by atoms with Gasteiger partial charge in [-0.1, -0.05) is 69.8 Å². The average Bonchev–Trinajstić information content (AvgIpc) is 3.17. The van der Waals surface area contributed by atoms with Crippen molar-refractivity contribution in [2.75, 3.05) is 19.8 Å². The van der Waals surface area contributed by atoms with Crippen molar-refractivity contribution in [2.24, 2.45) is 20.5 Å². The van der Waals surface area contributed by atoms with Crippen LogP contribution in [-0.2, 0) is 9.53 Å². The minimum atomic E-state index is -0.332. The summed E-state index contributed by atoms with van der Waals surface area (Å²) < 4.78 is 16.4. The van der Waals surface area contributed by atoms with Crippen LogP contribution in [-0.4, -0.2) is 25.8 Å². The second kappa shape index (κ2) is 23.0. The Morgan fingerprint density at radius 3 is 1.58 bits per heavy atom. The fraction of sp³-hybridized carbons (Fsp3) is 0.341. The number of carbonyl (C=O) groups is 1. The summed E-state index contributed by atoms with van der Waals surface area (Å²) in [7, 11) is 0. The van der Waals surface area contributed by atoms with Gasteiger partial charge in [-0.25, -0.2) is 4.79 Å². The molecule has 0 radical (unpaired) electrons. The van der Waals surface area contributed by atoms with Crippen molar-refractivity contribution < 1.29 is 19.0 Å². The zero-order chi connectivity index (χ0) is 36.6. The number of nitrogens with zero attached hydrogens (tertiary/aromatic N) is 4. The van der Waals surface area contributed by atoms with Crippen molar-refractivity contribution in [1.29, 1.82) is 0 Å². The molecule has 8 nitrogen and oxygen atoms in total. The highest BCUT2D eigenvalue weighted by molar-refractivity contribution is 5.81. The van der Waals surface area contributed by atoms with E-state index in [1.807, 2.05) is 105 Å². The Morgan fingerprint density at radius 2 is 1.06 bits per heavy atom. The monoisotopic (exact) mass is 698 g/mol. The molecule has 0 bridgehead atoms. The van der Waals surface area contributed by atoms with Crippen molar-refractivity contribution in [1.82, 2.24) is 0 Å². The molecule has 0 spiro atoms. The number of unbranched alkanes of at least 4 members (excludes halogenated alkanes) is 9. The van der Waals surface area contributed by atoms with E-state index in [4.69, 9.17) is 14.2 Å². The van der Waals surface area contributed by atoms with Crippen LogP contribution in [0.2, 0.25) is 0 Å². The lowest BCUT2D eigenvalue weighted by molar-refractivity contribution is -0.137. The summed E-state index contributed by atoms with van der Waals surface area (Å²) in [5, 5.41) is 17.5. The largest absolute Gasteiger partial charge is 0.494 e. The second-order valence-corrected chi connectivity index (χ2v) is 12.4. The summed E-state index contributed by atoms with van der Waals surface area (Å²) in [4.78, 5) is 11.0. The van der Waals surface area contributed by atoms with E-state index in [1.54, 1.807) is 0 Å². The summed E-state index contributed by atoms with van der Waals surface area (Å²) >= 11 is 0. The lowest BCUT2D eigenvalue weighted by Gasteiger charge is -2.06. The SMILES string of the molecule is C=CC(=O)OCCCCCCCCCCCCOc1ccc(N=Nc2ccc(C#Cc3ccc(N=Nc4ccc(OCC)cc4)cc3)c(C)c2)cc1. The van der Waals surface area contributed by atoms with Crippen molar-refractivity contribution in [3.63, 3.8) is 0 Å². The number of rotatable bonds is 21. The van der Waals surface area contributed by atoms with Crippen LogP contribution in [0.4, 0.5) is 22.7 Å². The lowest BCUT2D eigenvalue weighted by Crippen LogP contribution is -2.01. The van der Waals surface area contributed by atoms with Gasteiger partial charge in [-0.05, 0) is 123 Å². The van der Waals surface area contributed by atoms with E-state index in [1.165, 1.54) is 51.0 Å². The molecule has 0 fully saturated rings. The molecule has 0 aliphatic rings. The average molecular weight is 699 g/mol. The number of esters is 1. The molecule has 52 heavy (non-hydrogen) atoms. The first-order valence-corrected chi connectivity index (χ1v) is 18.3. The summed E-state index contributed by atoms with van der Waals surface area (Å²) in [5.41, 5.74) is 5.93. The van der Waals surface area contributed by atoms with Crippen LogP contribution in [0, 0.1) is 18.8 Å². The molecule has 8 heteroatoms. The van der Waals surface area contributed by atoms with Gasteiger partial charge in [-0.2, -0.15) is 20.5 Å². The van der Waals surface area contributed by atoms with Crippen LogP contribution in [0.5, 0.6) is 11.5 Å². The molecular formula is C44H50N4O4. The van der Waals surface area contributed by atoms with Crippen LogP contribution in [0.3, 0.4) is 0 Å². The van der Waals surface area contributed by atoms with Gasteiger partial charge in [0.15, 0.2) is 0 Å². The molecule has 0 saturated heterocycles. The molecule has 0 amide bonds. The van der Waals surface area contributed by atoms with Gasteiger partial charge >= 0.3 is 5.97 Å². The van der Waals surface area contributed by atoms with Crippen molar-refractivity contribution in [3.05, 3.63) is 120 Å². The summed E-state index contributed by atoms with van der Waals surface area (Å²) in [6.07, 6.45) is 13.0. The van der Waals surface area contributed by atoms with Gasteiger partial charge in [-0.3, -0.25) is 0 Å². The molecule has 0 heterocycles. The third-order valence-electron chi connectivity index (χ3n) is 8.18. The van der Waals surface area contributed by atoms with Gasteiger partial charge in [0.1, 0.15) is 11.5 Å². The van der Waals surface area contributed by atoms with E-state index in [-0.39, 0.29) is 5.97 Å². The van der Waals surface area contributed by atoms with Gasteiger partial charge in [0, 0.05) is 17.2 Å². The number of ether oxygens (including phenoxy) is 3. The fourth-order valence-electron chi connectivity index (χ4n) is 5.26. The predicted octanol–water partition coefficient (Wildman–Crippen LogP) is 12.6. The van der Waals surface area contributed by atoms with E-state index >= 15 is 0 Å². The van der Waals surface area contributed by atoms with Gasteiger partial charge in [0.05, 0.1) is 42.6 Å². The Morgan fingerprint density at radius 1 is 0.596 bits per heavy atom. The molecule has 4 aromatic rings. The first kappa shape index (κ1) is 39.2. The van der Waals surface area contributed by atoms with Crippen LogP contribution in [0.25, 0.3) is 0 Å². The fourth-order valence-corrected chi connectivity index (χ4v) is 5.26. The van der Waals surface area contributed by atoms with Crippen LogP contribution >= 0.6 is 0 Å². The van der Waals surface area contributed by atoms with Gasteiger partial charge in [-0.15, -0.1) is 0 Å².